The van der Waals surface area contributed by atoms with E-state index in [2.05, 4.69) is 10.4 Å². The summed E-state index contributed by atoms with van der Waals surface area (Å²) in [6, 6.07) is 3.51. The summed E-state index contributed by atoms with van der Waals surface area (Å²) in [5, 5.41) is 8.85. The van der Waals surface area contributed by atoms with Crippen LogP contribution in [0.5, 0.6) is 0 Å². The molecule has 0 saturated carbocycles. The Hall–Kier alpha value is -1.89. The lowest BCUT2D eigenvalue weighted by molar-refractivity contribution is -0.124. The van der Waals surface area contributed by atoms with Crippen molar-refractivity contribution in [1.29, 1.82) is 0 Å². The minimum Gasteiger partial charge on any atom is -0.387 e. The maximum Gasteiger partial charge on any atom is 0.437 e. The Bertz CT molecular complexity index is 628. The molecule has 0 aliphatic carbocycles. The summed E-state index contributed by atoms with van der Waals surface area (Å²) in [4.78, 5) is 24.1. The van der Waals surface area contributed by atoms with E-state index in [0.717, 1.165) is 4.88 Å². The van der Waals surface area contributed by atoms with E-state index in [0.29, 0.717) is 5.89 Å². The zero-order valence-electron chi connectivity index (χ0n) is 11.6. The first-order valence-electron chi connectivity index (χ1n) is 6.39. The second-order valence-corrected chi connectivity index (χ2v) is 5.84. The van der Waals surface area contributed by atoms with Gasteiger partial charge in [-0.15, -0.1) is 16.4 Å². The number of thiophene rings is 1. The zero-order valence-corrected chi connectivity index (χ0v) is 12.4. The Morgan fingerprint density at radius 2 is 2.25 bits per heavy atom. The van der Waals surface area contributed by atoms with Crippen LogP contribution in [0.25, 0.3) is 10.8 Å². The van der Waals surface area contributed by atoms with Gasteiger partial charge in [0.05, 0.1) is 11.4 Å². The molecule has 0 fully saturated rings. The lowest BCUT2D eigenvalue weighted by atomic mass is 10.2. The Balaban J connectivity index is 2.07. The highest BCUT2D eigenvalue weighted by Crippen LogP contribution is 2.20. The second-order valence-electron chi connectivity index (χ2n) is 4.90. The number of hydrogen-bond donors (Lipinski definition) is 1. The van der Waals surface area contributed by atoms with Gasteiger partial charge in [0, 0.05) is 12.0 Å². The van der Waals surface area contributed by atoms with Crippen LogP contribution in [-0.4, -0.2) is 21.7 Å². The number of rotatable bonds is 5. The Morgan fingerprint density at radius 3 is 2.85 bits per heavy atom. The van der Waals surface area contributed by atoms with Gasteiger partial charge in [0.1, 0.15) is 0 Å². The number of hydrogen-bond acceptors (Lipinski definition) is 5. The molecule has 108 valence electrons. The monoisotopic (exact) mass is 295 g/mol. The average molecular weight is 295 g/mol. The molecule has 1 N–H and O–H groups in total. The van der Waals surface area contributed by atoms with E-state index in [1.165, 1.54) is 16.0 Å². The number of nitrogens with zero attached hydrogens (tertiary/aromatic N) is 2. The van der Waals surface area contributed by atoms with Crippen LogP contribution in [0, 0.1) is 5.92 Å². The summed E-state index contributed by atoms with van der Waals surface area (Å²) in [7, 11) is 0. The molecule has 2 rings (SSSR count). The van der Waals surface area contributed by atoms with Crippen molar-refractivity contribution in [2.75, 3.05) is 0 Å². The van der Waals surface area contributed by atoms with Crippen molar-refractivity contribution >= 4 is 17.2 Å². The van der Waals surface area contributed by atoms with Crippen LogP contribution in [0.1, 0.15) is 20.8 Å². The maximum absolute atomic E-state index is 11.7. The topological polar surface area (TPSA) is 77.1 Å². The van der Waals surface area contributed by atoms with Crippen LogP contribution in [0.3, 0.4) is 0 Å². The number of nitrogens with one attached hydrogen (secondary N) is 1. The van der Waals surface area contributed by atoms with Crippen LogP contribution in [0.4, 0.5) is 0 Å². The van der Waals surface area contributed by atoms with Crippen molar-refractivity contribution < 1.29 is 9.21 Å². The fraction of sp³-hybridized carbons (Fsp3) is 0.462. The van der Waals surface area contributed by atoms with Crippen LogP contribution in [0.2, 0.25) is 0 Å². The Kier molecular flexibility index (Phi) is 4.39. The molecule has 1 amide bonds. The third-order valence-electron chi connectivity index (χ3n) is 2.70. The van der Waals surface area contributed by atoms with Crippen LogP contribution in [0.15, 0.2) is 26.7 Å². The molecule has 2 heterocycles. The summed E-state index contributed by atoms with van der Waals surface area (Å²) in [6.45, 7) is 5.75. The van der Waals surface area contributed by atoms with E-state index in [9.17, 15) is 9.59 Å². The van der Waals surface area contributed by atoms with Gasteiger partial charge in [-0.25, -0.2) is 4.79 Å². The van der Waals surface area contributed by atoms with Crippen LogP contribution < -0.4 is 11.1 Å². The van der Waals surface area contributed by atoms with Crippen molar-refractivity contribution in [2.45, 2.75) is 33.4 Å². The van der Waals surface area contributed by atoms with E-state index in [1.807, 2.05) is 38.3 Å². The molecule has 0 radical (unpaired) electrons. The average Bonchev–Trinajstić information content (AvgIpc) is 2.99. The SMILES string of the molecule is CC(C)C(=O)N[C@@H](C)Cn1nc(-c2cccs2)oc1=O. The molecular formula is C13H17N3O3S. The van der Waals surface area contributed by atoms with E-state index < -0.39 is 5.76 Å². The van der Waals surface area contributed by atoms with Gasteiger partial charge in [0.25, 0.3) is 5.89 Å². The lowest BCUT2D eigenvalue weighted by Crippen LogP contribution is -2.39. The van der Waals surface area contributed by atoms with Crippen molar-refractivity contribution in [1.82, 2.24) is 15.1 Å². The predicted octanol–water partition coefficient (Wildman–Crippen LogP) is 1.73. The van der Waals surface area contributed by atoms with Crippen molar-refractivity contribution in [3.63, 3.8) is 0 Å². The van der Waals surface area contributed by atoms with Crippen molar-refractivity contribution in [3.05, 3.63) is 28.1 Å². The highest BCUT2D eigenvalue weighted by Gasteiger charge is 2.15. The summed E-state index contributed by atoms with van der Waals surface area (Å²) in [5.41, 5.74) is 0. The molecule has 0 aromatic carbocycles. The van der Waals surface area contributed by atoms with Gasteiger partial charge in [0.15, 0.2) is 0 Å². The largest absolute Gasteiger partial charge is 0.437 e. The minimum absolute atomic E-state index is 0.0486. The Labute approximate surface area is 120 Å². The molecule has 7 heteroatoms. The summed E-state index contributed by atoms with van der Waals surface area (Å²) in [6.07, 6.45) is 0. The number of carbonyl (C=O) groups is 1. The fourth-order valence-electron chi connectivity index (χ4n) is 1.64. The molecular weight excluding hydrogens is 278 g/mol. The van der Waals surface area contributed by atoms with Crippen molar-refractivity contribution in [3.8, 4) is 10.8 Å². The van der Waals surface area contributed by atoms with Crippen LogP contribution >= 0.6 is 11.3 Å². The number of aromatic nitrogens is 2. The first-order chi connectivity index (χ1) is 9.47. The van der Waals surface area contributed by atoms with E-state index in [1.54, 1.807) is 0 Å². The van der Waals surface area contributed by atoms with E-state index in [4.69, 9.17) is 4.42 Å². The molecule has 0 saturated heterocycles. The molecule has 2 aromatic heterocycles. The van der Waals surface area contributed by atoms with Gasteiger partial charge in [-0.3, -0.25) is 4.79 Å². The van der Waals surface area contributed by atoms with Crippen molar-refractivity contribution in [2.24, 2.45) is 5.92 Å². The zero-order chi connectivity index (χ0) is 14.7. The van der Waals surface area contributed by atoms with Gasteiger partial charge >= 0.3 is 5.76 Å². The van der Waals surface area contributed by atoms with Gasteiger partial charge in [-0.1, -0.05) is 19.9 Å². The molecule has 20 heavy (non-hydrogen) atoms. The molecule has 0 aliphatic heterocycles. The number of carbonyl (C=O) groups excluding carboxylic acids is 1. The van der Waals surface area contributed by atoms with E-state index >= 15 is 0 Å². The molecule has 2 aromatic rings. The Morgan fingerprint density at radius 1 is 1.50 bits per heavy atom. The third kappa shape index (κ3) is 3.36. The maximum atomic E-state index is 11.7. The molecule has 0 aliphatic rings. The number of amides is 1. The molecule has 6 nitrogen and oxygen atoms in total. The standard InChI is InChI=1S/C13H17N3O3S/c1-8(2)11(17)14-9(3)7-16-13(18)19-12(15-16)10-5-4-6-20-10/h4-6,8-9H,7H2,1-3H3,(H,14,17)/t9-/m0/s1. The highest BCUT2D eigenvalue weighted by molar-refractivity contribution is 7.13. The first kappa shape index (κ1) is 14.5. The predicted molar refractivity (Wildman–Crippen MR) is 76.5 cm³/mol. The first-order valence-corrected chi connectivity index (χ1v) is 7.27. The summed E-state index contributed by atoms with van der Waals surface area (Å²) >= 11 is 1.45. The molecule has 0 bridgehead atoms. The quantitative estimate of drug-likeness (QED) is 0.911. The normalized spacial score (nSPS) is 12.6. The van der Waals surface area contributed by atoms with Gasteiger partial charge in [-0.05, 0) is 18.4 Å². The highest BCUT2D eigenvalue weighted by atomic mass is 32.1. The van der Waals surface area contributed by atoms with Gasteiger partial charge < -0.3 is 9.73 Å². The fourth-order valence-corrected chi connectivity index (χ4v) is 2.28. The van der Waals surface area contributed by atoms with Gasteiger partial charge in [-0.2, -0.15) is 4.68 Å². The second kappa shape index (κ2) is 6.04. The van der Waals surface area contributed by atoms with Crippen LogP contribution in [-0.2, 0) is 11.3 Å². The summed E-state index contributed by atoms with van der Waals surface area (Å²) in [5.74, 6) is -0.341. The third-order valence-corrected chi connectivity index (χ3v) is 3.56. The molecule has 0 unspecified atom stereocenters. The molecule has 1 atom stereocenters. The lowest BCUT2D eigenvalue weighted by Gasteiger charge is -2.14. The van der Waals surface area contributed by atoms with E-state index in [-0.39, 0.29) is 24.4 Å². The minimum atomic E-state index is -0.515. The van der Waals surface area contributed by atoms with Gasteiger partial charge in [0.2, 0.25) is 5.91 Å². The molecule has 0 spiro atoms. The smallest absolute Gasteiger partial charge is 0.387 e. The summed E-state index contributed by atoms with van der Waals surface area (Å²) < 4.78 is 6.34.